The van der Waals surface area contributed by atoms with E-state index in [2.05, 4.69) is 0 Å². The molecule has 18 heavy (non-hydrogen) atoms. The fourth-order valence-electron chi connectivity index (χ4n) is 2.25. The van der Waals surface area contributed by atoms with Gasteiger partial charge >= 0.3 is 0 Å². The minimum Gasteiger partial charge on any atom is -0.496 e. The van der Waals surface area contributed by atoms with Gasteiger partial charge in [-0.15, -0.1) is 0 Å². The second-order valence-electron chi connectivity index (χ2n) is 4.68. The third kappa shape index (κ3) is 2.83. The molecule has 1 aromatic rings. The topological polar surface area (TPSA) is 75.7 Å². The van der Waals surface area contributed by atoms with Gasteiger partial charge in [0.25, 0.3) is 0 Å². The maximum Gasteiger partial charge on any atom is 0.122 e. The number of aliphatic hydroxyl groups is 2. The number of hydrogen-bond acceptors (Lipinski definition) is 4. The Kier molecular flexibility index (Phi) is 5.14. The molecule has 0 aliphatic heterocycles. The maximum atomic E-state index is 10.3. The summed E-state index contributed by atoms with van der Waals surface area (Å²) in [6.45, 7) is 5.82. The zero-order valence-corrected chi connectivity index (χ0v) is 11.5. The van der Waals surface area contributed by atoms with Crippen molar-refractivity contribution < 1.29 is 14.9 Å². The van der Waals surface area contributed by atoms with Crippen molar-refractivity contribution in [3.8, 4) is 5.75 Å². The summed E-state index contributed by atoms with van der Waals surface area (Å²) in [4.78, 5) is 0. The normalized spacial score (nSPS) is 14.4. The monoisotopic (exact) mass is 253 g/mol. The fraction of sp³-hybridized carbons (Fsp3) is 0.571. The first-order valence-electron chi connectivity index (χ1n) is 6.13. The number of hydrogen-bond donors (Lipinski definition) is 3. The number of ether oxygens (including phenoxy) is 1. The quantitative estimate of drug-likeness (QED) is 0.740. The van der Waals surface area contributed by atoms with Crippen LogP contribution >= 0.6 is 0 Å². The van der Waals surface area contributed by atoms with Crippen LogP contribution in [0.4, 0.5) is 0 Å². The molecule has 0 aliphatic carbocycles. The zero-order valence-electron chi connectivity index (χ0n) is 11.5. The summed E-state index contributed by atoms with van der Waals surface area (Å²) in [6, 6.07) is 1.45. The van der Waals surface area contributed by atoms with Gasteiger partial charge in [-0.25, -0.2) is 0 Å². The van der Waals surface area contributed by atoms with Crippen molar-refractivity contribution in [2.75, 3.05) is 13.7 Å². The Balaban J connectivity index is 3.20. The Hall–Kier alpha value is -1.10. The highest BCUT2D eigenvalue weighted by Gasteiger charge is 2.22. The van der Waals surface area contributed by atoms with Gasteiger partial charge in [0.05, 0.1) is 13.2 Å². The van der Waals surface area contributed by atoms with Gasteiger partial charge in [0.2, 0.25) is 0 Å². The lowest BCUT2D eigenvalue weighted by Crippen LogP contribution is -2.30. The van der Waals surface area contributed by atoms with Crippen LogP contribution < -0.4 is 10.5 Å². The Labute approximate surface area is 108 Å². The number of methoxy groups -OCH3 is 1. The van der Waals surface area contributed by atoms with Gasteiger partial charge in [0.1, 0.15) is 5.75 Å². The highest BCUT2D eigenvalue weighted by molar-refractivity contribution is 5.49. The predicted octanol–water partition coefficient (Wildman–Crippen LogP) is 1.36. The summed E-state index contributed by atoms with van der Waals surface area (Å²) in [7, 11) is 1.63. The average molecular weight is 253 g/mol. The molecule has 0 saturated carbocycles. The lowest BCUT2D eigenvalue weighted by atomic mass is 9.90. The highest BCUT2D eigenvalue weighted by atomic mass is 16.5. The van der Waals surface area contributed by atoms with Crippen LogP contribution in [-0.4, -0.2) is 30.0 Å². The van der Waals surface area contributed by atoms with Crippen molar-refractivity contribution in [3.05, 3.63) is 28.3 Å². The summed E-state index contributed by atoms with van der Waals surface area (Å²) < 4.78 is 5.30. The van der Waals surface area contributed by atoms with Crippen LogP contribution in [0, 0.1) is 20.8 Å². The third-order valence-electron chi connectivity index (χ3n) is 3.49. The molecule has 0 radical (unpaired) electrons. The van der Waals surface area contributed by atoms with Crippen molar-refractivity contribution in [2.45, 2.75) is 39.3 Å². The number of nitrogens with two attached hydrogens (primary N) is 1. The van der Waals surface area contributed by atoms with Crippen LogP contribution in [0.1, 0.15) is 34.8 Å². The predicted molar refractivity (Wildman–Crippen MR) is 71.8 cm³/mol. The van der Waals surface area contributed by atoms with Crippen molar-refractivity contribution in [2.24, 2.45) is 5.73 Å². The van der Waals surface area contributed by atoms with E-state index in [1.165, 1.54) is 0 Å². The minimum atomic E-state index is -0.762. The van der Waals surface area contributed by atoms with E-state index < -0.39 is 12.1 Å². The van der Waals surface area contributed by atoms with Gasteiger partial charge in [-0.1, -0.05) is 0 Å². The summed E-state index contributed by atoms with van der Waals surface area (Å²) in [5.74, 6) is 0.816. The van der Waals surface area contributed by atoms with Gasteiger partial charge in [-0.3, -0.25) is 0 Å². The lowest BCUT2D eigenvalue weighted by molar-refractivity contribution is 0.128. The molecular formula is C14H23NO3. The van der Waals surface area contributed by atoms with Crippen LogP contribution in [0.3, 0.4) is 0 Å². The number of benzene rings is 1. The Bertz CT molecular complexity index is 418. The molecule has 2 atom stereocenters. The fourth-order valence-corrected chi connectivity index (χ4v) is 2.25. The van der Waals surface area contributed by atoms with E-state index in [4.69, 9.17) is 15.6 Å². The number of aliphatic hydroxyl groups excluding tert-OH is 2. The lowest BCUT2D eigenvalue weighted by Gasteiger charge is -2.24. The average Bonchev–Trinajstić information content (AvgIpc) is 2.34. The van der Waals surface area contributed by atoms with Gasteiger partial charge < -0.3 is 20.7 Å². The van der Waals surface area contributed by atoms with Gasteiger partial charge in [0.15, 0.2) is 0 Å². The van der Waals surface area contributed by atoms with Crippen molar-refractivity contribution in [3.63, 3.8) is 0 Å². The van der Waals surface area contributed by atoms with Crippen molar-refractivity contribution >= 4 is 0 Å². The van der Waals surface area contributed by atoms with Crippen LogP contribution in [0.25, 0.3) is 0 Å². The molecule has 102 valence electrons. The van der Waals surface area contributed by atoms with Gasteiger partial charge in [-0.2, -0.15) is 0 Å². The first-order valence-corrected chi connectivity index (χ1v) is 6.13. The molecule has 1 aromatic carbocycles. The summed E-state index contributed by atoms with van der Waals surface area (Å²) in [6.07, 6.45) is -0.382. The molecule has 0 aliphatic rings. The smallest absolute Gasteiger partial charge is 0.122 e. The summed E-state index contributed by atoms with van der Waals surface area (Å²) >= 11 is 0. The molecule has 4 heteroatoms. The Morgan fingerprint density at radius 3 is 2.39 bits per heavy atom. The second-order valence-corrected chi connectivity index (χ2v) is 4.68. The van der Waals surface area contributed by atoms with E-state index in [1.807, 2.05) is 26.8 Å². The van der Waals surface area contributed by atoms with Gasteiger partial charge in [0, 0.05) is 12.6 Å². The van der Waals surface area contributed by atoms with Crippen LogP contribution in [0.5, 0.6) is 5.75 Å². The molecular weight excluding hydrogens is 230 g/mol. The molecule has 0 bridgehead atoms. The molecule has 0 amide bonds. The molecule has 0 spiro atoms. The molecule has 0 fully saturated rings. The van der Waals surface area contributed by atoms with Crippen LogP contribution in [-0.2, 0) is 0 Å². The molecule has 4 nitrogen and oxygen atoms in total. The first-order chi connectivity index (χ1) is 8.43. The first kappa shape index (κ1) is 15.0. The summed E-state index contributed by atoms with van der Waals surface area (Å²) in [5.41, 5.74) is 9.67. The Morgan fingerprint density at radius 2 is 1.89 bits per heavy atom. The van der Waals surface area contributed by atoms with Crippen LogP contribution in [0.15, 0.2) is 6.07 Å². The van der Waals surface area contributed by atoms with E-state index in [0.717, 1.165) is 28.0 Å². The summed E-state index contributed by atoms with van der Waals surface area (Å²) in [5, 5.41) is 19.2. The van der Waals surface area contributed by atoms with Crippen LogP contribution in [0.2, 0.25) is 0 Å². The van der Waals surface area contributed by atoms with Crippen molar-refractivity contribution in [1.82, 2.24) is 0 Å². The molecule has 4 N–H and O–H groups in total. The molecule has 0 aromatic heterocycles. The van der Waals surface area contributed by atoms with E-state index in [0.29, 0.717) is 6.42 Å². The third-order valence-corrected chi connectivity index (χ3v) is 3.49. The second kappa shape index (κ2) is 6.18. The van der Waals surface area contributed by atoms with E-state index in [-0.39, 0.29) is 6.61 Å². The maximum absolute atomic E-state index is 10.3. The molecule has 2 unspecified atom stereocenters. The molecule has 0 saturated heterocycles. The minimum absolute atomic E-state index is 0.0224. The van der Waals surface area contributed by atoms with E-state index in [9.17, 15) is 5.11 Å². The molecule has 1 rings (SSSR count). The number of aryl methyl sites for hydroxylation is 1. The van der Waals surface area contributed by atoms with Gasteiger partial charge in [-0.05, 0) is 55.5 Å². The highest BCUT2D eigenvalue weighted by Crippen LogP contribution is 2.32. The molecule has 0 heterocycles. The standard InChI is InChI=1S/C14H23NO3/c1-8-7-12(18-4)9(2)10(3)13(8)14(17)11(15)5-6-16/h7,11,14,16-17H,5-6,15H2,1-4H3. The number of rotatable bonds is 5. The van der Waals surface area contributed by atoms with E-state index >= 15 is 0 Å². The Morgan fingerprint density at radius 1 is 1.28 bits per heavy atom. The SMILES string of the molecule is COc1cc(C)c(C(O)C(N)CCO)c(C)c1C. The van der Waals surface area contributed by atoms with Crippen molar-refractivity contribution in [1.29, 1.82) is 0 Å². The van der Waals surface area contributed by atoms with E-state index in [1.54, 1.807) is 7.11 Å². The largest absolute Gasteiger partial charge is 0.496 e. The zero-order chi connectivity index (χ0) is 13.9.